The van der Waals surface area contributed by atoms with Crippen molar-refractivity contribution >= 4 is 29.2 Å². The van der Waals surface area contributed by atoms with Crippen LogP contribution in [0.15, 0.2) is 36.7 Å². The van der Waals surface area contributed by atoms with Gasteiger partial charge >= 0.3 is 5.97 Å². The first-order valence-corrected chi connectivity index (χ1v) is 7.17. The lowest BCUT2D eigenvalue weighted by atomic mass is 10.1. The molecule has 6 nitrogen and oxygen atoms in total. The molecule has 1 N–H and O–H groups in total. The number of aromatic nitrogens is 4. The standard InChI is InChI=1S/C14H9Cl2FN4O2/c15-10-12(16)21(19-13(10)20-6-2-5-18-20)7-8-3-1-4-9(11(8)17)14(22)23/h1-6H,7H2,(H,22,23). The van der Waals surface area contributed by atoms with E-state index in [2.05, 4.69) is 10.2 Å². The van der Waals surface area contributed by atoms with Gasteiger partial charge in [-0.2, -0.15) is 5.10 Å². The van der Waals surface area contributed by atoms with Gasteiger partial charge in [-0.15, -0.1) is 5.10 Å². The number of carboxylic acid groups (broad SMARTS) is 1. The van der Waals surface area contributed by atoms with E-state index in [9.17, 15) is 9.18 Å². The van der Waals surface area contributed by atoms with E-state index in [0.717, 1.165) is 0 Å². The van der Waals surface area contributed by atoms with Gasteiger partial charge in [0.1, 0.15) is 16.0 Å². The number of hydrogen-bond acceptors (Lipinski definition) is 3. The molecule has 0 unspecified atom stereocenters. The molecule has 2 heterocycles. The van der Waals surface area contributed by atoms with Crippen LogP contribution in [0.3, 0.4) is 0 Å². The molecule has 0 saturated carbocycles. The Morgan fingerprint density at radius 3 is 2.74 bits per heavy atom. The molecule has 0 fully saturated rings. The quantitative estimate of drug-likeness (QED) is 0.780. The highest BCUT2D eigenvalue weighted by Gasteiger charge is 2.19. The molecule has 0 aliphatic carbocycles. The molecule has 0 amide bonds. The van der Waals surface area contributed by atoms with E-state index in [1.54, 1.807) is 18.5 Å². The van der Waals surface area contributed by atoms with Crippen molar-refractivity contribution < 1.29 is 14.3 Å². The van der Waals surface area contributed by atoms with Gasteiger partial charge in [0.25, 0.3) is 0 Å². The maximum absolute atomic E-state index is 14.2. The van der Waals surface area contributed by atoms with Crippen molar-refractivity contribution in [3.05, 3.63) is 63.8 Å². The van der Waals surface area contributed by atoms with Gasteiger partial charge in [-0.3, -0.25) is 0 Å². The summed E-state index contributed by atoms with van der Waals surface area (Å²) in [6.45, 7) is -0.0627. The Labute approximate surface area is 139 Å². The van der Waals surface area contributed by atoms with Gasteiger partial charge in [0, 0.05) is 18.0 Å². The van der Waals surface area contributed by atoms with Crippen molar-refractivity contribution in [3.63, 3.8) is 0 Å². The Kier molecular flexibility index (Phi) is 4.06. The number of aromatic carboxylic acids is 1. The molecular formula is C14H9Cl2FN4O2. The van der Waals surface area contributed by atoms with Crippen molar-refractivity contribution in [1.82, 2.24) is 19.6 Å². The highest BCUT2D eigenvalue weighted by atomic mass is 35.5. The molecule has 118 valence electrons. The van der Waals surface area contributed by atoms with Crippen LogP contribution in [-0.2, 0) is 6.54 Å². The van der Waals surface area contributed by atoms with Gasteiger partial charge in [0.2, 0.25) is 0 Å². The summed E-state index contributed by atoms with van der Waals surface area (Å²) in [7, 11) is 0. The van der Waals surface area contributed by atoms with Gasteiger partial charge < -0.3 is 5.11 Å². The average molecular weight is 355 g/mol. The first-order valence-electron chi connectivity index (χ1n) is 6.41. The zero-order valence-electron chi connectivity index (χ0n) is 11.4. The lowest BCUT2D eigenvalue weighted by Gasteiger charge is -2.06. The minimum absolute atomic E-state index is 0.0627. The van der Waals surface area contributed by atoms with Crippen LogP contribution in [0.1, 0.15) is 15.9 Å². The van der Waals surface area contributed by atoms with Crippen LogP contribution < -0.4 is 0 Å². The van der Waals surface area contributed by atoms with E-state index in [4.69, 9.17) is 28.3 Å². The smallest absolute Gasteiger partial charge is 0.338 e. The molecule has 2 aromatic heterocycles. The number of benzene rings is 1. The summed E-state index contributed by atoms with van der Waals surface area (Å²) in [5.74, 6) is -1.87. The predicted molar refractivity (Wildman–Crippen MR) is 81.8 cm³/mol. The second-order valence-corrected chi connectivity index (χ2v) is 5.36. The van der Waals surface area contributed by atoms with E-state index in [1.807, 2.05) is 0 Å². The third-order valence-electron chi connectivity index (χ3n) is 3.17. The molecule has 0 spiro atoms. The first kappa shape index (κ1) is 15.5. The second-order valence-electron chi connectivity index (χ2n) is 4.62. The van der Waals surface area contributed by atoms with E-state index < -0.39 is 17.3 Å². The van der Waals surface area contributed by atoms with Crippen molar-refractivity contribution in [2.45, 2.75) is 6.54 Å². The normalized spacial score (nSPS) is 10.9. The van der Waals surface area contributed by atoms with Gasteiger partial charge in [-0.25, -0.2) is 18.5 Å². The molecule has 0 aliphatic rings. The van der Waals surface area contributed by atoms with Crippen LogP contribution in [-0.4, -0.2) is 30.6 Å². The van der Waals surface area contributed by atoms with Crippen LogP contribution >= 0.6 is 23.2 Å². The fourth-order valence-electron chi connectivity index (χ4n) is 2.08. The summed E-state index contributed by atoms with van der Waals surface area (Å²) in [5.41, 5.74) is -0.276. The average Bonchev–Trinajstić information content (AvgIpc) is 3.13. The number of carbonyl (C=O) groups is 1. The van der Waals surface area contributed by atoms with Gasteiger partial charge in [0.15, 0.2) is 5.82 Å². The summed E-state index contributed by atoms with van der Waals surface area (Å²) < 4.78 is 16.9. The number of hydrogen-bond donors (Lipinski definition) is 1. The summed E-state index contributed by atoms with van der Waals surface area (Å²) in [5, 5.41) is 17.5. The summed E-state index contributed by atoms with van der Waals surface area (Å²) in [6, 6.07) is 5.80. The molecule has 0 radical (unpaired) electrons. The van der Waals surface area contributed by atoms with Crippen molar-refractivity contribution in [3.8, 4) is 5.82 Å². The number of carboxylic acids is 1. The van der Waals surface area contributed by atoms with Crippen molar-refractivity contribution in [2.24, 2.45) is 0 Å². The zero-order chi connectivity index (χ0) is 16.6. The van der Waals surface area contributed by atoms with E-state index in [0.29, 0.717) is 5.82 Å². The summed E-state index contributed by atoms with van der Waals surface area (Å²) in [6.07, 6.45) is 3.19. The topological polar surface area (TPSA) is 72.9 Å². The minimum Gasteiger partial charge on any atom is -0.478 e. The highest BCUT2D eigenvalue weighted by Crippen LogP contribution is 2.29. The highest BCUT2D eigenvalue weighted by molar-refractivity contribution is 6.42. The number of nitrogens with zero attached hydrogens (tertiary/aromatic N) is 4. The third-order valence-corrected chi connectivity index (χ3v) is 4.00. The van der Waals surface area contributed by atoms with Crippen LogP contribution in [0.2, 0.25) is 10.2 Å². The van der Waals surface area contributed by atoms with Crippen LogP contribution in [0.25, 0.3) is 5.82 Å². The molecule has 0 saturated heterocycles. The molecular weight excluding hydrogens is 346 g/mol. The maximum atomic E-state index is 14.2. The second kappa shape index (κ2) is 6.02. The Balaban J connectivity index is 2.00. The minimum atomic E-state index is -1.34. The van der Waals surface area contributed by atoms with E-state index in [-0.39, 0.29) is 22.3 Å². The zero-order valence-corrected chi connectivity index (χ0v) is 13.0. The van der Waals surface area contributed by atoms with Crippen molar-refractivity contribution in [1.29, 1.82) is 0 Å². The fraction of sp³-hybridized carbons (Fsp3) is 0.0714. The molecule has 23 heavy (non-hydrogen) atoms. The Hall–Kier alpha value is -2.38. The molecule has 0 bridgehead atoms. The predicted octanol–water partition coefficient (Wildman–Crippen LogP) is 3.26. The molecule has 3 aromatic rings. The van der Waals surface area contributed by atoms with E-state index >= 15 is 0 Å². The molecule has 3 rings (SSSR count). The number of halogens is 3. The lowest BCUT2D eigenvalue weighted by Crippen LogP contribution is -2.09. The van der Waals surface area contributed by atoms with E-state index in [1.165, 1.54) is 27.6 Å². The van der Waals surface area contributed by atoms with Gasteiger partial charge in [-0.05, 0) is 12.1 Å². The van der Waals surface area contributed by atoms with Crippen molar-refractivity contribution in [2.75, 3.05) is 0 Å². The Bertz CT molecular complexity index is 877. The summed E-state index contributed by atoms with van der Waals surface area (Å²) in [4.78, 5) is 11.0. The fourth-order valence-corrected chi connectivity index (χ4v) is 2.49. The first-order chi connectivity index (χ1) is 11.0. The SMILES string of the molecule is O=C(O)c1cccc(Cn2nc(-n3cccn3)c(Cl)c2Cl)c1F. The van der Waals surface area contributed by atoms with Crippen LogP contribution in [0.4, 0.5) is 4.39 Å². The van der Waals surface area contributed by atoms with Gasteiger partial charge in [0.05, 0.1) is 12.1 Å². The molecule has 9 heteroatoms. The molecule has 0 aliphatic heterocycles. The maximum Gasteiger partial charge on any atom is 0.338 e. The molecule has 1 aromatic carbocycles. The third kappa shape index (κ3) is 2.80. The Morgan fingerprint density at radius 2 is 2.09 bits per heavy atom. The monoisotopic (exact) mass is 354 g/mol. The van der Waals surface area contributed by atoms with Crippen LogP contribution in [0.5, 0.6) is 0 Å². The Morgan fingerprint density at radius 1 is 1.30 bits per heavy atom. The molecule has 0 atom stereocenters. The number of rotatable bonds is 4. The van der Waals surface area contributed by atoms with Crippen LogP contribution in [0, 0.1) is 5.82 Å². The largest absolute Gasteiger partial charge is 0.478 e. The lowest BCUT2D eigenvalue weighted by molar-refractivity contribution is 0.0691. The van der Waals surface area contributed by atoms with Gasteiger partial charge in [-0.1, -0.05) is 35.3 Å². The summed E-state index contributed by atoms with van der Waals surface area (Å²) >= 11 is 12.3.